The molecule has 0 aromatic carbocycles. The van der Waals surface area contributed by atoms with Crippen LogP contribution in [0.3, 0.4) is 0 Å². The second-order valence-corrected chi connectivity index (χ2v) is 6.47. The first-order valence-corrected chi connectivity index (χ1v) is 9.43. The molecule has 0 saturated carbocycles. The topological polar surface area (TPSA) is 126 Å². The minimum atomic E-state index is -1.23. The lowest BCUT2D eigenvalue weighted by atomic mass is 10.1. The molecule has 0 bridgehead atoms. The van der Waals surface area contributed by atoms with E-state index >= 15 is 0 Å². The zero-order valence-electron chi connectivity index (χ0n) is 17.4. The van der Waals surface area contributed by atoms with E-state index in [9.17, 15) is 19.2 Å². The largest absolute Gasteiger partial charge is 0.463 e. The molecule has 0 fully saturated rings. The van der Waals surface area contributed by atoms with Gasteiger partial charge < -0.3 is 29.0 Å². The van der Waals surface area contributed by atoms with Crippen molar-refractivity contribution in [2.45, 2.75) is 72.4 Å². The Kier molecular flexibility index (Phi) is 10.3. The zero-order valence-corrected chi connectivity index (χ0v) is 17.4. The molecule has 0 aromatic heterocycles. The van der Waals surface area contributed by atoms with E-state index < -0.39 is 42.3 Å². The number of unbranched alkanes of at least 4 members (excludes halogenated alkanes) is 2. The van der Waals surface area contributed by atoms with E-state index in [1.165, 1.54) is 20.8 Å². The van der Waals surface area contributed by atoms with Crippen LogP contribution < -0.4 is 5.32 Å². The van der Waals surface area contributed by atoms with Gasteiger partial charge in [-0.2, -0.15) is 0 Å². The molecule has 164 valence electrons. The van der Waals surface area contributed by atoms with Gasteiger partial charge in [-0.1, -0.05) is 19.8 Å². The maximum absolute atomic E-state index is 11.7. The number of hydrogen-bond acceptors (Lipinski definition) is 9. The molecule has 1 heterocycles. The van der Waals surface area contributed by atoms with Crippen molar-refractivity contribution in [2.75, 3.05) is 13.2 Å². The number of hydrogen-bond donors (Lipinski definition) is 1. The summed E-state index contributed by atoms with van der Waals surface area (Å²) >= 11 is 0. The van der Waals surface area contributed by atoms with Gasteiger partial charge in [0.2, 0.25) is 12.2 Å². The van der Waals surface area contributed by atoms with Crippen LogP contribution in [0.5, 0.6) is 0 Å². The highest BCUT2D eigenvalue weighted by Crippen LogP contribution is 2.30. The number of nitrogens with one attached hydrogen (secondary N) is 1. The van der Waals surface area contributed by atoms with Crippen molar-refractivity contribution < 1.29 is 42.9 Å². The molecular formula is C19H29NO9. The first kappa shape index (κ1) is 24.6. The molecule has 0 radical (unpaired) electrons. The second-order valence-electron chi connectivity index (χ2n) is 6.47. The Bertz CT molecular complexity index is 644. The van der Waals surface area contributed by atoms with E-state index in [0.29, 0.717) is 6.61 Å². The Morgan fingerprint density at radius 2 is 1.69 bits per heavy atom. The number of esters is 3. The van der Waals surface area contributed by atoms with Crippen LogP contribution in [0, 0.1) is 0 Å². The van der Waals surface area contributed by atoms with Crippen LogP contribution in [0.15, 0.2) is 11.5 Å². The Labute approximate surface area is 169 Å². The van der Waals surface area contributed by atoms with Gasteiger partial charge in [0.05, 0.1) is 6.61 Å². The van der Waals surface area contributed by atoms with Crippen LogP contribution in [0.2, 0.25) is 0 Å². The average molecular weight is 415 g/mol. The third kappa shape index (κ3) is 8.61. The first-order valence-electron chi connectivity index (χ1n) is 9.43. The fraction of sp³-hybridized carbons (Fsp3) is 0.684. The average Bonchev–Trinajstić information content (AvgIpc) is 2.60. The zero-order chi connectivity index (χ0) is 22.0. The molecule has 1 aliphatic rings. The predicted octanol–water partition coefficient (Wildman–Crippen LogP) is 1.32. The number of rotatable bonds is 10. The second kappa shape index (κ2) is 12.2. The molecule has 0 aliphatic carbocycles. The lowest BCUT2D eigenvalue weighted by Gasteiger charge is -2.37. The van der Waals surface area contributed by atoms with Crippen LogP contribution in [-0.4, -0.2) is 55.5 Å². The van der Waals surface area contributed by atoms with Crippen molar-refractivity contribution in [2.24, 2.45) is 0 Å². The van der Waals surface area contributed by atoms with Gasteiger partial charge in [0, 0.05) is 27.7 Å². The van der Waals surface area contributed by atoms with E-state index in [-0.39, 0.29) is 18.1 Å². The van der Waals surface area contributed by atoms with Crippen molar-refractivity contribution in [3.05, 3.63) is 11.5 Å². The molecule has 0 spiro atoms. The third-order valence-electron chi connectivity index (χ3n) is 3.72. The van der Waals surface area contributed by atoms with Crippen molar-refractivity contribution in [1.82, 2.24) is 5.32 Å². The van der Waals surface area contributed by atoms with Crippen LogP contribution in [-0.2, 0) is 42.9 Å². The van der Waals surface area contributed by atoms with Gasteiger partial charge in [-0.05, 0) is 6.42 Å². The third-order valence-corrected chi connectivity index (χ3v) is 3.72. The number of amides is 1. The SMILES string of the molecule is CCCCCOC1OC(COC(C)=O)C(OC(C)=O)C(OC(C)=O)=C1NC(C)=O. The van der Waals surface area contributed by atoms with Gasteiger partial charge in [-0.25, -0.2) is 0 Å². The van der Waals surface area contributed by atoms with E-state index in [1.807, 2.05) is 6.92 Å². The molecule has 1 aliphatic heterocycles. The summed E-state index contributed by atoms with van der Waals surface area (Å²) in [5.41, 5.74) is 0.0227. The van der Waals surface area contributed by atoms with E-state index in [4.69, 9.17) is 23.7 Å². The highest BCUT2D eigenvalue weighted by molar-refractivity contribution is 5.76. The summed E-state index contributed by atoms with van der Waals surface area (Å²) in [6.07, 6.45) is -0.702. The predicted molar refractivity (Wildman–Crippen MR) is 98.9 cm³/mol. The Hall–Kier alpha value is -2.46. The fourth-order valence-corrected chi connectivity index (χ4v) is 2.61. The van der Waals surface area contributed by atoms with Gasteiger partial charge in [-0.3, -0.25) is 19.2 Å². The normalized spacial score (nSPS) is 21.3. The fourth-order valence-electron chi connectivity index (χ4n) is 2.61. The van der Waals surface area contributed by atoms with Gasteiger partial charge in [-0.15, -0.1) is 0 Å². The summed E-state index contributed by atoms with van der Waals surface area (Å²) in [6, 6.07) is 0. The maximum Gasteiger partial charge on any atom is 0.307 e. The molecule has 1 N–H and O–H groups in total. The summed E-state index contributed by atoms with van der Waals surface area (Å²) in [5.74, 6) is -2.54. The molecule has 29 heavy (non-hydrogen) atoms. The molecular weight excluding hydrogens is 386 g/mol. The van der Waals surface area contributed by atoms with Crippen LogP contribution in [0.1, 0.15) is 53.9 Å². The molecule has 0 saturated heterocycles. The van der Waals surface area contributed by atoms with Gasteiger partial charge >= 0.3 is 17.9 Å². The number of ether oxygens (including phenoxy) is 5. The number of carbonyl (C=O) groups excluding carboxylic acids is 4. The summed E-state index contributed by atoms with van der Waals surface area (Å²) < 4.78 is 27.1. The minimum absolute atomic E-state index is 0.0227. The van der Waals surface area contributed by atoms with Crippen molar-refractivity contribution >= 4 is 23.8 Å². The molecule has 3 atom stereocenters. The Balaban J connectivity index is 3.31. The molecule has 1 rings (SSSR count). The minimum Gasteiger partial charge on any atom is -0.463 e. The lowest BCUT2D eigenvalue weighted by Crippen LogP contribution is -2.50. The monoisotopic (exact) mass is 415 g/mol. The van der Waals surface area contributed by atoms with Gasteiger partial charge in [0.25, 0.3) is 0 Å². The molecule has 0 aromatic rings. The van der Waals surface area contributed by atoms with Gasteiger partial charge in [0.1, 0.15) is 18.4 Å². The quantitative estimate of drug-likeness (QED) is 0.319. The van der Waals surface area contributed by atoms with E-state index in [0.717, 1.165) is 26.2 Å². The Morgan fingerprint density at radius 1 is 1.00 bits per heavy atom. The first-order chi connectivity index (χ1) is 13.6. The summed E-state index contributed by atoms with van der Waals surface area (Å²) in [4.78, 5) is 46.2. The van der Waals surface area contributed by atoms with Crippen LogP contribution >= 0.6 is 0 Å². The smallest absolute Gasteiger partial charge is 0.307 e. The Morgan fingerprint density at radius 3 is 2.21 bits per heavy atom. The molecule has 10 heteroatoms. The summed E-state index contributed by atoms with van der Waals surface area (Å²) in [6.45, 7) is 6.88. The van der Waals surface area contributed by atoms with Crippen molar-refractivity contribution in [3.8, 4) is 0 Å². The van der Waals surface area contributed by atoms with E-state index in [1.54, 1.807) is 0 Å². The highest BCUT2D eigenvalue weighted by atomic mass is 16.7. The standard InChI is InChI=1S/C19H29NO9/c1-6-7-8-9-25-19-16(20-11(2)21)18(28-14(5)24)17(27-13(4)23)15(29-19)10-26-12(3)22/h15,17,19H,6-10H2,1-5H3,(H,20,21). The maximum atomic E-state index is 11.7. The van der Waals surface area contributed by atoms with Crippen LogP contribution in [0.25, 0.3) is 0 Å². The summed E-state index contributed by atoms with van der Waals surface area (Å²) in [5, 5.41) is 2.53. The van der Waals surface area contributed by atoms with E-state index in [2.05, 4.69) is 5.32 Å². The lowest BCUT2D eigenvalue weighted by molar-refractivity contribution is -0.214. The van der Waals surface area contributed by atoms with Crippen LogP contribution in [0.4, 0.5) is 0 Å². The molecule has 1 amide bonds. The van der Waals surface area contributed by atoms with Gasteiger partial charge in [0.15, 0.2) is 11.9 Å². The molecule has 3 unspecified atom stereocenters. The molecule has 10 nitrogen and oxygen atoms in total. The highest BCUT2D eigenvalue weighted by Gasteiger charge is 2.44. The number of carbonyl (C=O) groups is 4. The van der Waals surface area contributed by atoms with Crippen molar-refractivity contribution in [1.29, 1.82) is 0 Å². The summed E-state index contributed by atoms with van der Waals surface area (Å²) in [7, 11) is 0. The van der Waals surface area contributed by atoms with Crippen molar-refractivity contribution in [3.63, 3.8) is 0 Å².